The number of anilines is 1. The summed E-state index contributed by atoms with van der Waals surface area (Å²) in [6.07, 6.45) is 0.197. The average molecular weight is 402 g/mol. The molecule has 0 saturated carbocycles. The monoisotopic (exact) mass is 401 g/mol. The Hall–Kier alpha value is -1.39. The van der Waals surface area contributed by atoms with Crippen LogP contribution in [0.3, 0.4) is 0 Å². The molecule has 0 aliphatic rings. The van der Waals surface area contributed by atoms with Gasteiger partial charge in [0.05, 0.1) is 16.5 Å². The smallest absolute Gasteiger partial charge is 0.340 e. The second-order valence-electron chi connectivity index (χ2n) is 4.89. The molecule has 0 aliphatic heterocycles. The van der Waals surface area contributed by atoms with E-state index in [9.17, 15) is 26.0 Å². The first kappa shape index (κ1) is 20.7. The summed E-state index contributed by atoms with van der Waals surface area (Å²) in [6.45, 7) is 3.03. The van der Waals surface area contributed by atoms with Crippen LogP contribution in [0.1, 0.15) is 37.0 Å². The fourth-order valence-corrected chi connectivity index (χ4v) is 6.34. The summed E-state index contributed by atoms with van der Waals surface area (Å²) in [5.74, 6) is -4.34. The number of carbonyl (C=O) groups is 1. The minimum Gasteiger partial charge on any atom is -0.478 e. The van der Waals surface area contributed by atoms with Crippen LogP contribution in [-0.2, 0) is 20.0 Å². The summed E-state index contributed by atoms with van der Waals surface area (Å²) >= 11 is 5.61. The Morgan fingerprint density at radius 1 is 1.12 bits per heavy atom. The zero-order valence-corrected chi connectivity index (χ0v) is 15.4. The molecule has 0 saturated heterocycles. The average Bonchev–Trinajstić information content (AvgIpc) is 2.40. The summed E-state index contributed by atoms with van der Waals surface area (Å²) in [5.41, 5.74) is -1.86. The van der Waals surface area contributed by atoms with E-state index in [2.05, 4.69) is 0 Å². The van der Waals surface area contributed by atoms with Gasteiger partial charge in [0.2, 0.25) is 20.0 Å². The highest BCUT2D eigenvalue weighted by Crippen LogP contribution is 2.32. The highest BCUT2D eigenvalue weighted by atomic mass is 35.5. The van der Waals surface area contributed by atoms with Crippen LogP contribution in [0.4, 0.5) is 10.1 Å². The third-order valence-electron chi connectivity index (χ3n) is 2.91. The SMILES string of the molecule is CCCS(=O)(=O)N(c1ccc(Cl)c(C(=O)O)c1F)S(=O)(=O)CCC. The van der Waals surface area contributed by atoms with Crippen molar-refractivity contribution in [3.63, 3.8) is 0 Å². The van der Waals surface area contributed by atoms with Gasteiger partial charge in [0.25, 0.3) is 0 Å². The van der Waals surface area contributed by atoms with Crippen molar-refractivity contribution in [1.82, 2.24) is 0 Å². The molecule has 0 aromatic heterocycles. The topological polar surface area (TPSA) is 109 Å². The molecule has 0 bridgehead atoms. The first-order valence-electron chi connectivity index (χ1n) is 6.96. The third-order valence-corrected chi connectivity index (χ3v) is 7.84. The molecule has 0 spiro atoms. The van der Waals surface area contributed by atoms with Gasteiger partial charge in [-0.05, 0) is 25.0 Å². The van der Waals surface area contributed by atoms with E-state index >= 15 is 0 Å². The molecule has 7 nitrogen and oxygen atoms in total. The number of rotatable bonds is 8. The molecule has 0 heterocycles. The van der Waals surface area contributed by atoms with Crippen molar-refractivity contribution in [3.8, 4) is 0 Å². The van der Waals surface area contributed by atoms with Crippen LogP contribution in [0, 0.1) is 5.82 Å². The molecule has 11 heteroatoms. The summed E-state index contributed by atoms with van der Waals surface area (Å²) in [4.78, 5) is 11.1. The van der Waals surface area contributed by atoms with Gasteiger partial charge in [0.1, 0.15) is 11.3 Å². The summed E-state index contributed by atoms with van der Waals surface area (Å²) < 4.78 is 64.0. The summed E-state index contributed by atoms with van der Waals surface area (Å²) in [5, 5.41) is 8.56. The molecule has 1 N–H and O–H groups in total. The predicted octanol–water partition coefficient (Wildman–Crippen LogP) is 2.46. The van der Waals surface area contributed by atoms with Gasteiger partial charge < -0.3 is 5.11 Å². The molecule has 0 aliphatic carbocycles. The molecule has 0 amide bonds. The lowest BCUT2D eigenvalue weighted by molar-refractivity contribution is 0.0692. The maximum absolute atomic E-state index is 14.5. The van der Waals surface area contributed by atoms with Crippen LogP contribution in [0.2, 0.25) is 5.02 Å². The lowest BCUT2D eigenvalue weighted by Crippen LogP contribution is -2.40. The van der Waals surface area contributed by atoms with Gasteiger partial charge in [0.15, 0.2) is 5.82 Å². The van der Waals surface area contributed by atoms with E-state index in [-0.39, 0.29) is 16.6 Å². The predicted molar refractivity (Wildman–Crippen MR) is 89.0 cm³/mol. The van der Waals surface area contributed by atoms with Crippen LogP contribution in [0.5, 0.6) is 0 Å². The van der Waals surface area contributed by atoms with Gasteiger partial charge in [-0.2, -0.15) is 3.71 Å². The second-order valence-corrected chi connectivity index (χ2v) is 9.40. The van der Waals surface area contributed by atoms with Crippen LogP contribution in [0.15, 0.2) is 12.1 Å². The molecule has 0 fully saturated rings. The van der Waals surface area contributed by atoms with Crippen LogP contribution >= 0.6 is 11.6 Å². The fraction of sp³-hybridized carbons (Fsp3) is 0.462. The van der Waals surface area contributed by atoms with Crippen LogP contribution in [0.25, 0.3) is 0 Å². The lowest BCUT2D eigenvalue weighted by Gasteiger charge is -2.24. The Morgan fingerprint density at radius 3 is 1.96 bits per heavy atom. The number of carboxylic acids is 1. The number of carboxylic acid groups (broad SMARTS) is 1. The number of hydrogen-bond acceptors (Lipinski definition) is 5. The molecule has 0 radical (unpaired) electrons. The highest BCUT2D eigenvalue weighted by Gasteiger charge is 2.36. The number of sulfonamides is 2. The molecule has 24 heavy (non-hydrogen) atoms. The van der Waals surface area contributed by atoms with Gasteiger partial charge in [-0.25, -0.2) is 26.0 Å². The Kier molecular flexibility index (Phi) is 6.59. The van der Waals surface area contributed by atoms with Crippen molar-refractivity contribution in [2.75, 3.05) is 15.2 Å². The molecule has 0 atom stereocenters. The van der Waals surface area contributed by atoms with Crippen LogP contribution in [-0.4, -0.2) is 39.4 Å². The van der Waals surface area contributed by atoms with E-state index in [4.69, 9.17) is 16.7 Å². The van der Waals surface area contributed by atoms with Crippen LogP contribution < -0.4 is 3.71 Å². The largest absolute Gasteiger partial charge is 0.478 e. The van der Waals surface area contributed by atoms with Gasteiger partial charge in [-0.3, -0.25) is 0 Å². The minimum absolute atomic E-state index is 0.0227. The molecule has 136 valence electrons. The van der Waals surface area contributed by atoms with Crippen molar-refractivity contribution in [2.45, 2.75) is 26.7 Å². The molecule has 1 aromatic carbocycles. The minimum atomic E-state index is -4.41. The van der Waals surface area contributed by atoms with E-state index in [0.29, 0.717) is 0 Å². The summed E-state index contributed by atoms with van der Waals surface area (Å²) in [7, 11) is -8.83. The van der Waals surface area contributed by atoms with Crippen molar-refractivity contribution in [1.29, 1.82) is 0 Å². The normalized spacial score (nSPS) is 12.2. The van der Waals surface area contributed by atoms with E-state index in [1.807, 2.05) is 0 Å². The van der Waals surface area contributed by atoms with Gasteiger partial charge in [-0.15, -0.1) is 0 Å². The van der Waals surface area contributed by atoms with Gasteiger partial charge in [0, 0.05) is 0 Å². The number of nitrogens with zero attached hydrogens (tertiary/aromatic N) is 1. The molecular formula is C13H17ClFNO6S2. The Morgan fingerprint density at radius 2 is 1.58 bits per heavy atom. The van der Waals surface area contributed by atoms with E-state index < -0.39 is 59.6 Å². The summed E-state index contributed by atoms with van der Waals surface area (Å²) in [6, 6.07) is 1.78. The Balaban J connectivity index is 3.76. The lowest BCUT2D eigenvalue weighted by atomic mass is 10.2. The number of aromatic carboxylic acids is 1. The van der Waals surface area contributed by atoms with Crippen molar-refractivity contribution < 1.29 is 31.1 Å². The van der Waals surface area contributed by atoms with Crippen molar-refractivity contribution in [3.05, 3.63) is 28.5 Å². The number of hydrogen-bond donors (Lipinski definition) is 1. The quantitative estimate of drug-likeness (QED) is 0.716. The zero-order chi connectivity index (χ0) is 18.7. The number of benzene rings is 1. The maximum atomic E-state index is 14.5. The van der Waals surface area contributed by atoms with Gasteiger partial charge >= 0.3 is 5.97 Å². The van der Waals surface area contributed by atoms with E-state index in [0.717, 1.165) is 12.1 Å². The van der Waals surface area contributed by atoms with Crippen molar-refractivity contribution >= 4 is 43.3 Å². The first-order chi connectivity index (χ1) is 11.0. The molecule has 0 unspecified atom stereocenters. The fourth-order valence-electron chi connectivity index (χ4n) is 2.03. The number of halogens is 2. The molecular weight excluding hydrogens is 385 g/mol. The molecule has 1 aromatic rings. The first-order valence-corrected chi connectivity index (χ1v) is 10.6. The highest BCUT2D eigenvalue weighted by molar-refractivity contribution is 8.10. The Bertz CT molecular complexity index is 802. The van der Waals surface area contributed by atoms with E-state index in [1.165, 1.54) is 13.8 Å². The standard InChI is InChI=1S/C13H17ClFNO6S2/c1-3-7-23(19,20)16(24(21,22)8-4-2)10-6-5-9(14)11(12(10)15)13(17)18/h5-6H,3-4,7-8H2,1-2H3,(H,17,18). The van der Waals surface area contributed by atoms with Gasteiger partial charge in [-0.1, -0.05) is 25.4 Å². The third kappa shape index (κ3) is 4.17. The zero-order valence-electron chi connectivity index (χ0n) is 13.0. The second kappa shape index (κ2) is 7.66. The van der Waals surface area contributed by atoms with Crippen molar-refractivity contribution in [2.24, 2.45) is 0 Å². The molecule has 1 rings (SSSR count). The maximum Gasteiger partial charge on any atom is 0.340 e. The Labute approximate surface area is 145 Å². The van der Waals surface area contributed by atoms with E-state index in [1.54, 1.807) is 0 Å².